The number of hydrogen-bond acceptors (Lipinski definition) is 8. The van der Waals surface area contributed by atoms with Gasteiger partial charge in [0.25, 0.3) is 5.78 Å². The molecule has 4 aromatic heterocycles. The molecule has 5 rings (SSSR count). The highest BCUT2D eigenvalue weighted by Gasteiger charge is 2.24. The van der Waals surface area contributed by atoms with Crippen molar-refractivity contribution in [1.82, 2.24) is 34.5 Å². The van der Waals surface area contributed by atoms with E-state index in [0.29, 0.717) is 5.78 Å². The molecule has 0 aliphatic carbocycles. The molecule has 0 bridgehead atoms. The van der Waals surface area contributed by atoms with Crippen LogP contribution in [0.15, 0.2) is 31.1 Å². The maximum atomic E-state index is 4.53. The number of rotatable bonds is 2. The van der Waals surface area contributed by atoms with Crippen molar-refractivity contribution in [3.8, 4) is 0 Å². The van der Waals surface area contributed by atoms with E-state index in [1.165, 1.54) is 0 Å². The lowest BCUT2D eigenvalue weighted by Gasteiger charge is -2.37. The summed E-state index contributed by atoms with van der Waals surface area (Å²) in [5, 5.41) is 5.41. The Labute approximate surface area is 155 Å². The highest BCUT2D eigenvalue weighted by atomic mass is 15.4. The van der Waals surface area contributed by atoms with Gasteiger partial charge in [0.1, 0.15) is 24.3 Å². The second-order valence-electron chi connectivity index (χ2n) is 6.68. The fourth-order valence-electron chi connectivity index (χ4n) is 3.66. The fraction of sp³-hybridized carbons (Fsp3) is 0.333. The number of fused-ring (bicyclic) bond motifs is 2. The van der Waals surface area contributed by atoms with Crippen LogP contribution in [-0.2, 0) is 0 Å². The van der Waals surface area contributed by atoms with Gasteiger partial charge in [0.15, 0.2) is 0 Å². The summed E-state index contributed by atoms with van der Waals surface area (Å²) in [4.78, 5) is 26.4. The zero-order valence-electron chi connectivity index (χ0n) is 15.2. The molecule has 1 saturated heterocycles. The van der Waals surface area contributed by atoms with Crippen molar-refractivity contribution < 1.29 is 0 Å². The summed E-state index contributed by atoms with van der Waals surface area (Å²) in [5.41, 5.74) is 3.00. The first-order valence-corrected chi connectivity index (χ1v) is 8.94. The van der Waals surface area contributed by atoms with Gasteiger partial charge in [-0.15, -0.1) is 0 Å². The molecule has 0 atom stereocenters. The Balaban J connectivity index is 1.46. The van der Waals surface area contributed by atoms with Crippen LogP contribution in [0.3, 0.4) is 0 Å². The SMILES string of the molecule is Cc1nc2ncnn2c(N2CCN(c3ncnc4cnccc34)CC2)c1C. The standard InChI is InChI=1S/C18H19N9/c1-12-13(2)24-18-22-11-23-27(18)17(12)26-7-5-25(6-8-26)16-14-3-4-19-9-15(14)20-10-21-16/h3-4,9-11H,5-8H2,1-2H3. The largest absolute Gasteiger partial charge is 0.353 e. The van der Waals surface area contributed by atoms with Crippen molar-refractivity contribution in [2.75, 3.05) is 36.0 Å². The molecule has 5 heterocycles. The Kier molecular flexibility index (Phi) is 3.59. The minimum atomic E-state index is 0.643. The van der Waals surface area contributed by atoms with Crippen LogP contribution in [0.5, 0.6) is 0 Å². The Bertz CT molecular complexity index is 1120. The van der Waals surface area contributed by atoms with Gasteiger partial charge in [-0.05, 0) is 19.9 Å². The number of nitrogens with zero attached hydrogens (tertiary/aromatic N) is 9. The van der Waals surface area contributed by atoms with E-state index in [-0.39, 0.29) is 0 Å². The number of piperazine rings is 1. The molecule has 9 heteroatoms. The van der Waals surface area contributed by atoms with Crippen molar-refractivity contribution in [1.29, 1.82) is 0 Å². The molecule has 0 unspecified atom stereocenters. The van der Waals surface area contributed by atoms with Gasteiger partial charge in [0.2, 0.25) is 0 Å². The average molecular weight is 361 g/mol. The highest BCUT2D eigenvalue weighted by Crippen LogP contribution is 2.27. The maximum Gasteiger partial charge on any atom is 0.254 e. The van der Waals surface area contributed by atoms with Gasteiger partial charge in [-0.3, -0.25) is 4.98 Å². The summed E-state index contributed by atoms with van der Waals surface area (Å²) >= 11 is 0. The van der Waals surface area contributed by atoms with Crippen molar-refractivity contribution >= 4 is 28.3 Å². The Hall–Kier alpha value is -3.36. The third-order valence-electron chi connectivity index (χ3n) is 5.17. The molecule has 9 nitrogen and oxygen atoms in total. The molecule has 0 radical (unpaired) electrons. The molecule has 0 spiro atoms. The number of aromatic nitrogens is 7. The molecule has 1 aliphatic heterocycles. The minimum Gasteiger partial charge on any atom is -0.353 e. The van der Waals surface area contributed by atoms with E-state index in [2.05, 4.69) is 46.7 Å². The summed E-state index contributed by atoms with van der Waals surface area (Å²) in [6.45, 7) is 7.59. The van der Waals surface area contributed by atoms with E-state index in [1.807, 2.05) is 17.5 Å². The fourth-order valence-corrected chi connectivity index (χ4v) is 3.66. The molecule has 4 aromatic rings. The summed E-state index contributed by atoms with van der Waals surface area (Å²) in [6.07, 6.45) is 6.74. The van der Waals surface area contributed by atoms with Crippen molar-refractivity contribution in [2.45, 2.75) is 13.8 Å². The van der Waals surface area contributed by atoms with E-state index in [9.17, 15) is 0 Å². The molecule has 27 heavy (non-hydrogen) atoms. The third kappa shape index (κ3) is 2.54. The molecule has 0 amide bonds. The third-order valence-corrected chi connectivity index (χ3v) is 5.17. The maximum absolute atomic E-state index is 4.53. The smallest absolute Gasteiger partial charge is 0.254 e. The monoisotopic (exact) mass is 361 g/mol. The minimum absolute atomic E-state index is 0.643. The predicted molar refractivity (Wildman–Crippen MR) is 102 cm³/mol. The van der Waals surface area contributed by atoms with Crippen LogP contribution in [0.2, 0.25) is 0 Å². The van der Waals surface area contributed by atoms with Crippen LogP contribution >= 0.6 is 0 Å². The van der Waals surface area contributed by atoms with Crippen LogP contribution in [0.4, 0.5) is 11.6 Å². The lowest BCUT2D eigenvalue weighted by Crippen LogP contribution is -2.47. The summed E-state index contributed by atoms with van der Waals surface area (Å²) in [5.74, 6) is 2.69. The highest BCUT2D eigenvalue weighted by molar-refractivity contribution is 5.88. The van der Waals surface area contributed by atoms with Crippen LogP contribution < -0.4 is 9.80 Å². The van der Waals surface area contributed by atoms with Gasteiger partial charge in [0, 0.05) is 49.0 Å². The van der Waals surface area contributed by atoms with Gasteiger partial charge in [0.05, 0.1) is 11.7 Å². The lowest BCUT2D eigenvalue weighted by atomic mass is 10.2. The van der Waals surface area contributed by atoms with Crippen LogP contribution in [0, 0.1) is 13.8 Å². The number of anilines is 2. The summed E-state index contributed by atoms with van der Waals surface area (Å²) < 4.78 is 1.84. The van der Waals surface area contributed by atoms with Crippen molar-refractivity contribution in [3.05, 3.63) is 42.4 Å². The van der Waals surface area contributed by atoms with Crippen LogP contribution in [-0.4, -0.2) is 60.7 Å². The van der Waals surface area contributed by atoms with E-state index in [0.717, 1.165) is 60.0 Å². The average Bonchev–Trinajstić information content (AvgIpc) is 3.16. The second kappa shape index (κ2) is 6.11. The second-order valence-corrected chi connectivity index (χ2v) is 6.68. The molecule has 0 aromatic carbocycles. The Morgan fingerprint density at radius 3 is 2.59 bits per heavy atom. The molecular weight excluding hydrogens is 342 g/mol. The van der Waals surface area contributed by atoms with Crippen LogP contribution in [0.1, 0.15) is 11.3 Å². The van der Waals surface area contributed by atoms with E-state index in [1.54, 1.807) is 25.0 Å². The van der Waals surface area contributed by atoms with Gasteiger partial charge in [-0.25, -0.2) is 15.0 Å². The molecule has 0 N–H and O–H groups in total. The van der Waals surface area contributed by atoms with E-state index in [4.69, 9.17) is 0 Å². The van der Waals surface area contributed by atoms with Gasteiger partial charge in [-0.2, -0.15) is 14.6 Å². The van der Waals surface area contributed by atoms with Crippen LogP contribution in [0.25, 0.3) is 16.7 Å². The first-order valence-electron chi connectivity index (χ1n) is 8.94. The predicted octanol–water partition coefficient (Wildman–Crippen LogP) is 1.41. The van der Waals surface area contributed by atoms with Gasteiger partial charge in [-0.1, -0.05) is 0 Å². The number of hydrogen-bond donors (Lipinski definition) is 0. The molecule has 1 aliphatic rings. The summed E-state index contributed by atoms with van der Waals surface area (Å²) in [7, 11) is 0. The van der Waals surface area contributed by atoms with Crippen molar-refractivity contribution in [3.63, 3.8) is 0 Å². The molecule has 0 saturated carbocycles. The lowest BCUT2D eigenvalue weighted by molar-refractivity contribution is 0.632. The van der Waals surface area contributed by atoms with E-state index >= 15 is 0 Å². The molecule has 136 valence electrons. The number of pyridine rings is 1. The van der Waals surface area contributed by atoms with E-state index < -0.39 is 0 Å². The molecule has 1 fully saturated rings. The first-order chi connectivity index (χ1) is 13.2. The quantitative estimate of drug-likeness (QED) is 0.529. The zero-order chi connectivity index (χ0) is 18.4. The summed E-state index contributed by atoms with van der Waals surface area (Å²) in [6, 6.07) is 1.98. The molecular formula is C18H19N9. The van der Waals surface area contributed by atoms with Gasteiger partial charge >= 0.3 is 0 Å². The van der Waals surface area contributed by atoms with Gasteiger partial charge < -0.3 is 9.80 Å². The first kappa shape index (κ1) is 15.9. The normalized spacial score (nSPS) is 15.0. The Morgan fingerprint density at radius 2 is 1.74 bits per heavy atom. The van der Waals surface area contributed by atoms with Crippen molar-refractivity contribution in [2.24, 2.45) is 0 Å². The Morgan fingerprint density at radius 1 is 0.926 bits per heavy atom. The zero-order valence-corrected chi connectivity index (χ0v) is 15.2. The number of aryl methyl sites for hydroxylation is 1. The topological polar surface area (TPSA) is 88.2 Å².